The fourth-order valence-corrected chi connectivity index (χ4v) is 3.69. The first-order valence-corrected chi connectivity index (χ1v) is 9.69. The molecule has 4 rings (SSSR count). The molecular weight excluding hydrogens is 394 g/mol. The molecule has 0 atom stereocenters. The molecule has 1 fully saturated rings. The predicted molar refractivity (Wildman–Crippen MR) is 115 cm³/mol. The average Bonchev–Trinajstić information content (AvgIpc) is 3.30. The number of aliphatic imine (C=N–C) groups is 1. The molecule has 0 spiro atoms. The molecule has 1 saturated heterocycles. The number of methoxy groups -OCH3 is 1. The van der Waals surface area contributed by atoms with Gasteiger partial charge in [0.15, 0.2) is 5.17 Å². The second kappa shape index (κ2) is 7.96. The van der Waals surface area contributed by atoms with Gasteiger partial charge in [0.25, 0.3) is 5.91 Å². The molecule has 28 heavy (non-hydrogen) atoms. The molecule has 1 aromatic heterocycles. The Hall–Kier alpha value is -2.96. The standard InChI is InChI=1S/C21H16ClN3O2S/c1-27-18-10-6-15(7-11-18)23-21-24-20(26)19(28-21)13-17-3-2-12-25(17)16-8-4-14(22)5-9-16/h2-13H,1H3,(H,23,24,26)/b19-13-. The molecule has 0 aliphatic carbocycles. The van der Waals surface area contributed by atoms with Crippen molar-refractivity contribution in [3.05, 3.63) is 82.5 Å². The highest BCUT2D eigenvalue weighted by molar-refractivity contribution is 8.18. The van der Waals surface area contributed by atoms with Crippen molar-refractivity contribution in [2.24, 2.45) is 4.99 Å². The number of amides is 1. The van der Waals surface area contributed by atoms with Crippen LogP contribution in [0.2, 0.25) is 5.02 Å². The third kappa shape index (κ3) is 3.98. The van der Waals surface area contributed by atoms with Crippen molar-refractivity contribution >= 4 is 46.2 Å². The minimum atomic E-state index is -0.166. The van der Waals surface area contributed by atoms with Gasteiger partial charge in [0.05, 0.1) is 17.7 Å². The van der Waals surface area contributed by atoms with E-state index >= 15 is 0 Å². The molecular formula is C21H16ClN3O2S. The van der Waals surface area contributed by atoms with Crippen molar-refractivity contribution in [1.29, 1.82) is 0 Å². The summed E-state index contributed by atoms with van der Waals surface area (Å²) in [5.74, 6) is 0.594. The van der Waals surface area contributed by atoms with E-state index in [1.54, 1.807) is 7.11 Å². The van der Waals surface area contributed by atoms with Crippen LogP contribution in [0.25, 0.3) is 11.8 Å². The van der Waals surface area contributed by atoms with E-state index in [1.165, 1.54) is 11.8 Å². The summed E-state index contributed by atoms with van der Waals surface area (Å²) in [6, 6.07) is 18.8. The van der Waals surface area contributed by atoms with Crippen LogP contribution >= 0.6 is 23.4 Å². The molecule has 0 bridgehead atoms. The van der Waals surface area contributed by atoms with Crippen molar-refractivity contribution in [2.75, 3.05) is 7.11 Å². The molecule has 2 heterocycles. The second-order valence-corrected chi connectivity index (χ2v) is 7.43. The van der Waals surface area contributed by atoms with Crippen LogP contribution in [0.4, 0.5) is 5.69 Å². The Bertz CT molecular complexity index is 1070. The Morgan fingerprint density at radius 3 is 2.57 bits per heavy atom. The molecule has 1 amide bonds. The van der Waals surface area contributed by atoms with Gasteiger partial charge < -0.3 is 14.6 Å². The van der Waals surface area contributed by atoms with Crippen molar-refractivity contribution in [1.82, 2.24) is 9.88 Å². The minimum absolute atomic E-state index is 0.166. The number of benzene rings is 2. The van der Waals surface area contributed by atoms with Crippen LogP contribution < -0.4 is 10.1 Å². The lowest BCUT2D eigenvalue weighted by Crippen LogP contribution is -2.19. The van der Waals surface area contributed by atoms with Crippen molar-refractivity contribution in [3.8, 4) is 11.4 Å². The van der Waals surface area contributed by atoms with Gasteiger partial charge in [-0.15, -0.1) is 0 Å². The van der Waals surface area contributed by atoms with Gasteiger partial charge in [0.1, 0.15) is 5.75 Å². The highest BCUT2D eigenvalue weighted by Gasteiger charge is 2.24. The molecule has 2 aromatic carbocycles. The van der Waals surface area contributed by atoms with E-state index in [0.29, 0.717) is 15.1 Å². The van der Waals surface area contributed by atoms with E-state index in [4.69, 9.17) is 16.3 Å². The van der Waals surface area contributed by atoms with Crippen LogP contribution in [-0.2, 0) is 4.79 Å². The normalized spacial score (nSPS) is 16.6. The molecule has 1 N–H and O–H groups in total. The first-order chi connectivity index (χ1) is 13.6. The number of amidine groups is 1. The number of ether oxygens (including phenoxy) is 1. The number of hydrogen-bond acceptors (Lipinski definition) is 4. The van der Waals surface area contributed by atoms with Crippen LogP contribution in [0.15, 0.2) is 76.8 Å². The third-order valence-electron chi connectivity index (χ3n) is 4.12. The van der Waals surface area contributed by atoms with Gasteiger partial charge in [-0.3, -0.25) is 4.79 Å². The van der Waals surface area contributed by atoms with E-state index in [9.17, 15) is 4.79 Å². The molecule has 3 aromatic rings. The molecule has 0 radical (unpaired) electrons. The number of carbonyl (C=O) groups is 1. The quantitative estimate of drug-likeness (QED) is 0.615. The van der Waals surface area contributed by atoms with Crippen LogP contribution in [-0.4, -0.2) is 22.8 Å². The molecule has 5 nitrogen and oxygen atoms in total. The average molecular weight is 410 g/mol. The van der Waals surface area contributed by atoms with E-state index < -0.39 is 0 Å². The van der Waals surface area contributed by atoms with Crippen LogP contribution in [0, 0.1) is 0 Å². The Labute approximate surface area is 171 Å². The Morgan fingerprint density at radius 1 is 1.11 bits per heavy atom. The van der Waals surface area contributed by atoms with Gasteiger partial charge in [-0.1, -0.05) is 11.6 Å². The molecule has 7 heteroatoms. The van der Waals surface area contributed by atoms with Crippen LogP contribution in [0.1, 0.15) is 5.69 Å². The SMILES string of the molecule is COc1ccc(N=C2NC(=O)/C(=C/c3cccn3-c3ccc(Cl)cc3)S2)cc1. The van der Waals surface area contributed by atoms with Gasteiger partial charge in [-0.2, -0.15) is 0 Å². The first-order valence-electron chi connectivity index (χ1n) is 8.49. The summed E-state index contributed by atoms with van der Waals surface area (Å²) in [5, 5.41) is 4.04. The molecule has 1 aliphatic heterocycles. The summed E-state index contributed by atoms with van der Waals surface area (Å²) in [4.78, 5) is 17.4. The summed E-state index contributed by atoms with van der Waals surface area (Å²) in [5.41, 5.74) is 2.61. The first kappa shape index (κ1) is 18.4. The zero-order chi connectivity index (χ0) is 19.5. The number of hydrogen-bond donors (Lipinski definition) is 1. The van der Waals surface area contributed by atoms with Gasteiger partial charge in [-0.05, 0) is 78.5 Å². The van der Waals surface area contributed by atoms with Crippen LogP contribution in [0.5, 0.6) is 5.75 Å². The van der Waals surface area contributed by atoms with E-state index in [0.717, 1.165) is 22.8 Å². The maximum atomic E-state index is 12.4. The molecule has 1 aliphatic rings. The number of aromatic nitrogens is 1. The van der Waals surface area contributed by atoms with Gasteiger partial charge in [0, 0.05) is 22.6 Å². The van der Waals surface area contributed by atoms with E-state index in [-0.39, 0.29) is 5.91 Å². The number of halogens is 1. The number of carbonyl (C=O) groups excluding carboxylic acids is 1. The van der Waals surface area contributed by atoms with E-state index in [1.807, 2.05) is 77.5 Å². The lowest BCUT2D eigenvalue weighted by atomic mass is 10.3. The van der Waals surface area contributed by atoms with Gasteiger partial charge in [0.2, 0.25) is 0 Å². The Kier molecular flexibility index (Phi) is 5.23. The van der Waals surface area contributed by atoms with Gasteiger partial charge >= 0.3 is 0 Å². The van der Waals surface area contributed by atoms with Crippen LogP contribution in [0.3, 0.4) is 0 Å². The summed E-state index contributed by atoms with van der Waals surface area (Å²) < 4.78 is 7.14. The highest BCUT2D eigenvalue weighted by Crippen LogP contribution is 2.29. The number of nitrogens with zero attached hydrogens (tertiary/aromatic N) is 2. The Balaban J connectivity index is 1.58. The maximum Gasteiger partial charge on any atom is 0.264 e. The van der Waals surface area contributed by atoms with Crippen molar-refractivity contribution < 1.29 is 9.53 Å². The van der Waals surface area contributed by atoms with Gasteiger partial charge in [-0.25, -0.2) is 4.99 Å². The topological polar surface area (TPSA) is 55.6 Å². The monoisotopic (exact) mass is 409 g/mol. The zero-order valence-electron chi connectivity index (χ0n) is 14.9. The third-order valence-corrected chi connectivity index (χ3v) is 5.28. The second-order valence-electron chi connectivity index (χ2n) is 5.96. The largest absolute Gasteiger partial charge is 0.497 e. The minimum Gasteiger partial charge on any atom is -0.497 e. The molecule has 140 valence electrons. The fraction of sp³-hybridized carbons (Fsp3) is 0.0476. The number of nitrogens with one attached hydrogen (secondary N) is 1. The lowest BCUT2D eigenvalue weighted by Gasteiger charge is -2.06. The van der Waals surface area contributed by atoms with Crippen molar-refractivity contribution in [2.45, 2.75) is 0 Å². The number of rotatable bonds is 4. The molecule has 0 saturated carbocycles. The zero-order valence-corrected chi connectivity index (χ0v) is 16.5. The summed E-state index contributed by atoms with van der Waals surface area (Å²) in [6.45, 7) is 0. The fourth-order valence-electron chi connectivity index (χ4n) is 2.74. The smallest absolute Gasteiger partial charge is 0.264 e. The highest BCUT2D eigenvalue weighted by atomic mass is 35.5. The summed E-state index contributed by atoms with van der Waals surface area (Å²) >= 11 is 7.28. The molecule has 0 unspecified atom stereocenters. The maximum absolute atomic E-state index is 12.4. The summed E-state index contributed by atoms with van der Waals surface area (Å²) in [6.07, 6.45) is 3.80. The summed E-state index contributed by atoms with van der Waals surface area (Å²) in [7, 11) is 1.62. The number of thioether (sulfide) groups is 1. The van der Waals surface area contributed by atoms with E-state index in [2.05, 4.69) is 10.3 Å². The Morgan fingerprint density at radius 2 is 1.86 bits per heavy atom. The van der Waals surface area contributed by atoms with Crippen molar-refractivity contribution in [3.63, 3.8) is 0 Å². The predicted octanol–water partition coefficient (Wildman–Crippen LogP) is 5.03. The lowest BCUT2D eigenvalue weighted by molar-refractivity contribution is -0.115.